The maximum atomic E-state index is 10.7. The third kappa shape index (κ3) is 5.75. The van der Waals surface area contributed by atoms with Crippen molar-refractivity contribution in [2.75, 3.05) is 41.5 Å². The van der Waals surface area contributed by atoms with Crippen LogP contribution in [0.1, 0.15) is 12.0 Å². The first-order valence-corrected chi connectivity index (χ1v) is 8.83. The van der Waals surface area contributed by atoms with Gasteiger partial charge in [0.05, 0.1) is 32.9 Å². The molecule has 8 heteroatoms. The van der Waals surface area contributed by atoms with Gasteiger partial charge >= 0.3 is 0 Å². The highest BCUT2D eigenvalue weighted by Gasteiger charge is 2.14. The van der Waals surface area contributed by atoms with Crippen LogP contribution >= 0.6 is 0 Å². The summed E-state index contributed by atoms with van der Waals surface area (Å²) in [5.74, 6) is 2.46. The van der Waals surface area contributed by atoms with Crippen LogP contribution < -0.4 is 18.9 Å². The molecular formula is C20H26N2O6. The van der Waals surface area contributed by atoms with Crippen molar-refractivity contribution < 1.29 is 23.9 Å². The topological polar surface area (TPSA) is 83.3 Å². The molecule has 0 aliphatic rings. The third-order valence-electron chi connectivity index (χ3n) is 4.18. The van der Waals surface area contributed by atoms with E-state index in [9.17, 15) is 10.1 Å². The molecule has 0 N–H and O–H groups in total. The molecule has 2 rings (SSSR count). The number of hydrogen-bond acceptors (Lipinski definition) is 7. The molecule has 0 aliphatic carbocycles. The van der Waals surface area contributed by atoms with Gasteiger partial charge in [-0.15, -0.1) is 0 Å². The molecule has 0 unspecified atom stereocenters. The summed E-state index contributed by atoms with van der Waals surface area (Å²) in [6.07, 6.45) is 0.817. The van der Waals surface area contributed by atoms with Crippen molar-refractivity contribution in [1.82, 2.24) is 4.90 Å². The number of hydrogen-bond donors (Lipinski definition) is 0. The van der Waals surface area contributed by atoms with Gasteiger partial charge in [0.15, 0.2) is 11.5 Å². The monoisotopic (exact) mass is 390 g/mol. The predicted molar refractivity (Wildman–Crippen MR) is 106 cm³/mol. The highest BCUT2D eigenvalue weighted by molar-refractivity contribution is 5.53. The minimum Gasteiger partial charge on any atom is -0.494 e. The average Bonchev–Trinajstić information content (AvgIpc) is 2.70. The highest BCUT2D eigenvalue weighted by Crippen LogP contribution is 2.38. The first-order chi connectivity index (χ1) is 13.5. The fraction of sp³-hybridized carbons (Fsp3) is 0.400. The summed E-state index contributed by atoms with van der Waals surface area (Å²) < 4.78 is 21.8. The molecule has 0 atom stereocenters. The van der Waals surface area contributed by atoms with Gasteiger partial charge in [-0.2, -0.15) is 0 Å². The molecule has 0 fully saturated rings. The van der Waals surface area contributed by atoms with Crippen molar-refractivity contribution in [3.63, 3.8) is 0 Å². The second-order valence-electron chi connectivity index (χ2n) is 6.22. The Labute approximate surface area is 164 Å². The molecule has 0 amide bonds. The van der Waals surface area contributed by atoms with Gasteiger partial charge in [0.2, 0.25) is 5.75 Å². The second kappa shape index (κ2) is 10.4. The van der Waals surface area contributed by atoms with E-state index in [1.54, 1.807) is 33.5 Å². The van der Waals surface area contributed by atoms with E-state index in [1.807, 2.05) is 19.2 Å². The van der Waals surface area contributed by atoms with Crippen molar-refractivity contribution in [1.29, 1.82) is 0 Å². The number of ether oxygens (including phenoxy) is 4. The van der Waals surface area contributed by atoms with Gasteiger partial charge in [0.25, 0.3) is 5.69 Å². The van der Waals surface area contributed by atoms with Gasteiger partial charge < -0.3 is 23.8 Å². The Morgan fingerprint density at radius 2 is 1.61 bits per heavy atom. The SMILES string of the molecule is COc1cc(CN(C)CCCOc2ccc([N+](=O)[O-])cc2)cc(OC)c1OC. The van der Waals surface area contributed by atoms with Crippen LogP contribution in [0.4, 0.5) is 5.69 Å². The zero-order chi connectivity index (χ0) is 20.5. The maximum Gasteiger partial charge on any atom is 0.269 e. The van der Waals surface area contributed by atoms with E-state index in [0.717, 1.165) is 18.5 Å². The fourth-order valence-electron chi connectivity index (χ4n) is 2.81. The molecule has 8 nitrogen and oxygen atoms in total. The number of nitrogens with zero attached hydrogens (tertiary/aromatic N) is 2. The fourth-order valence-corrected chi connectivity index (χ4v) is 2.81. The lowest BCUT2D eigenvalue weighted by Crippen LogP contribution is -2.21. The third-order valence-corrected chi connectivity index (χ3v) is 4.18. The molecule has 0 bridgehead atoms. The van der Waals surface area contributed by atoms with Gasteiger partial charge in [0, 0.05) is 25.2 Å². The van der Waals surface area contributed by atoms with Gasteiger partial charge in [-0.1, -0.05) is 0 Å². The average molecular weight is 390 g/mol. The molecular weight excluding hydrogens is 364 g/mol. The number of nitro groups is 1. The van der Waals surface area contributed by atoms with E-state index in [4.69, 9.17) is 18.9 Å². The summed E-state index contributed by atoms with van der Waals surface area (Å²) >= 11 is 0. The van der Waals surface area contributed by atoms with E-state index in [-0.39, 0.29) is 5.69 Å². The minimum absolute atomic E-state index is 0.0532. The Bertz CT molecular complexity index is 754. The zero-order valence-electron chi connectivity index (χ0n) is 16.6. The maximum absolute atomic E-state index is 10.7. The Morgan fingerprint density at radius 3 is 2.11 bits per heavy atom. The van der Waals surface area contributed by atoms with Crippen LogP contribution in [0, 0.1) is 10.1 Å². The summed E-state index contributed by atoms with van der Waals surface area (Å²) in [5, 5.41) is 10.7. The van der Waals surface area contributed by atoms with E-state index in [0.29, 0.717) is 36.1 Å². The molecule has 28 heavy (non-hydrogen) atoms. The lowest BCUT2D eigenvalue weighted by Gasteiger charge is -2.19. The van der Waals surface area contributed by atoms with Crippen LogP contribution in [0.15, 0.2) is 36.4 Å². The van der Waals surface area contributed by atoms with Crippen molar-refractivity contribution in [2.45, 2.75) is 13.0 Å². The highest BCUT2D eigenvalue weighted by atomic mass is 16.6. The largest absolute Gasteiger partial charge is 0.494 e. The van der Waals surface area contributed by atoms with Crippen LogP contribution in [0.25, 0.3) is 0 Å². The first kappa shape index (κ1) is 21.3. The van der Waals surface area contributed by atoms with Crippen molar-refractivity contribution in [2.24, 2.45) is 0 Å². The predicted octanol–water partition coefficient (Wildman–Crippen LogP) is 3.52. The number of benzene rings is 2. The number of non-ortho nitro benzene ring substituents is 1. The summed E-state index contributed by atoms with van der Waals surface area (Å²) in [6, 6.07) is 9.96. The van der Waals surface area contributed by atoms with E-state index in [1.165, 1.54) is 12.1 Å². The number of methoxy groups -OCH3 is 3. The van der Waals surface area contributed by atoms with Gasteiger partial charge in [-0.25, -0.2) is 0 Å². The number of nitro benzene ring substituents is 1. The molecule has 0 spiro atoms. The number of rotatable bonds is 11. The molecule has 0 heterocycles. The smallest absolute Gasteiger partial charge is 0.269 e. The van der Waals surface area contributed by atoms with E-state index >= 15 is 0 Å². The summed E-state index contributed by atoms with van der Waals surface area (Å²) in [6.45, 7) is 2.06. The van der Waals surface area contributed by atoms with Crippen molar-refractivity contribution in [3.05, 3.63) is 52.1 Å². The van der Waals surface area contributed by atoms with Gasteiger partial charge in [-0.3, -0.25) is 10.1 Å². The van der Waals surface area contributed by atoms with Gasteiger partial charge in [-0.05, 0) is 43.3 Å². The van der Waals surface area contributed by atoms with Crippen molar-refractivity contribution in [3.8, 4) is 23.0 Å². The van der Waals surface area contributed by atoms with Crippen LogP contribution in [0.2, 0.25) is 0 Å². The lowest BCUT2D eigenvalue weighted by molar-refractivity contribution is -0.384. The Hall–Kier alpha value is -3.00. The quantitative estimate of drug-likeness (QED) is 0.330. The van der Waals surface area contributed by atoms with Crippen LogP contribution in [-0.2, 0) is 6.54 Å². The standard InChI is InChI=1S/C20H26N2O6/c1-21(10-5-11-28-17-8-6-16(7-9-17)22(23)24)14-15-12-18(25-2)20(27-4)19(13-15)26-3/h6-9,12-13H,5,10-11,14H2,1-4H3. The molecule has 0 aliphatic heterocycles. The van der Waals surface area contributed by atoms with E-state index in [2.05, 4.69) is 4.90 Å². The molecule has 0 radical (unpaired) electrons. The summed E-state index contributed by atoms with van der Waals surface area (Å²) in [7, 11) is 6.80. The first-order valence-electron chi connectivity index (χ1n) is 8.83. The van der Waals surface area contributed by atoms with E-state index < -0.39 is 4.92 Å². The molecule has 0 aromatic heterocycles. The lowest BCUT2D eigenvalue weighted by atomic mass is 10.1. The molecule has 2 aromatic carbocycles. The van der Waals surface area contributed by atoms with Gasteiger partial charge in [0.1, 0.15) is 5.75 Å². The molecule has 2 aromatic rings. The van der Waals surface area contributed by atoms with Crippen LogP contribution in [-0.4, -0.2) is 51.4 Å². The molecule has 152 valence electrons. The Morgan fingerprint density at radius 1 is 1.00 bits per heavy atom. The summed E-state index contributed by atoms with van der Waals surface area (Å²) in [4.78, 5) is 12.4. The van der Waals surface area contributed by atoms with Crippen molar-refractivity contribution >= 4 is 5.69 Å². The Balaban J connectivity index is 1.83. The van der Waals surface area contributed by atoms with Crippen LogP contribution in [0.5, 0.6) is 23.0 Å². The normalized spacial score (nSPS) is 10.6. The molecule has 0 saturated heterocycles. The second-order valence-corrected chi connectivity index (χ2v) is 6.22. The summed E-state index contributed by atoms with van der Waals surface area (Å²) in [5.41, 5.74) is 1.10. The van der Waals surface area contributed by atoms with Crippen LogP contribution in [0.3, 0.4) is 0 Å². The Kier molecular flexibility index (Phi) is 7.88. The minimum atomic E-state index is -0.429. The molecule has 0 saturated carbocycles. The zero-order valence-corrected chi connectivity index (χ0v) is 16.6.